The van der Waals surface area contributed by atoms with Gasteiger partial charge >= 0.3 is 0 Å². The first-order chi connectivity index (χ1) is 7.91. The normalized spacial score (nSPS) is 13.9. The summed E-state index contributed by atoms with van der Waals surface area (Å²) >= 11 is 0. The fourth-order valence-electron chi connectivity index (χ4n) is 1.49. The third kappa shape index (κ3) is 3.75. The number of rotatable bonds is 4. The van der Waals surface area contributed by atoms with Crippen LogP contribution in [0.5, 0.6) is 5.75 Å². The minimum Gasteiger partial charge on any atom is -0.481 e. The molecule has 0 saturated heterocycles. The second-order valence-electron chi connectivity index (χ2n) is 4.35. The Morgan fingerprint density at radius 3 is 2.53 bits per heavy atom. The van der Waals surface area contributed by atoms with E-state index >= 15 is 0 Å². The second-order valence-corrected chi connectivity index (χ2v) is 4.35. The molecule has 94 valence electrons. The Bertz CT molecular complexity index is 389. The predicted octanol–water partition coefficient (Wildman–Crippen LogP) is 1.56. The van der Waals surface area contributed by atoms with E-state index in [0.29, 0.717) is 5.75 Å². The van der Waals surface area contributed by atoms with Crippen molar-refractivity contribution < 1.29 is 9.53 Å². The van der Waals surface area contributed by atoms with Crippen LogP contribution in [-0.2, 0) is 4.79 Å². The summed E-state index contributed by atoms with van der Waals surface area (Å²) in [7, 11) is 3.42. The molecule has 4 heteroatoms. The third-order valence-electron chi connectivity index (χ3n) is 2.49. The van der Waals surface area contributed by atoms with E-state index in [0.717, 1.165) is 5.56 Å². The molecule has 0 aromatic heterocycles. The van der Waals surface area contributed by atoms with Crippen LogP contribution >= 0.6 is 0 Å². The van der Waals surface area contributed by atoms with Crippen molar-refractivity contribution in [1.29, 1.82) is 0 Å². The van der Waals surface area contributed by atoms with Crippen LogP contribution in [0, 0.1) is 0 Å². The van der Waals surface area contributed by atoms with E-state index in [1.165, 1.54) is 4.90 Å². The molecule has 17 heavy (non-hydrogen) atoms. The summed E-state index contributed by atoms with van der Waals surface area (Å²) in [5.41, 5.74) is 6.78. The molecule has 1 rings (SSSR count). The van der Waals surface area contributed by atoms with Crippen molar-refractivity contribution >= 4 is 5.91 Å². The minimum atomic E-state index is -0.492. The first-order valence-electron chi connectivity index (χ1n) is 5.65. The van der Waals surface area contributed by atoms with E-state index in [4.69, 9.17) is 10.5 Å². The molecule has 1 aromatic carbocycles. The Morgan fingerprint density at radius 2 is 2.00 bits per heavy atom. The molecule has 1 amide bonds. The first-order valence-corrected chi connectivity index (χ1v) is 5.65. The SMILES string of the molecule is CC(Oc1cccc(C(C)N)c1)C(=O)N(C)C. The van der Waals surface area contributed by atoms with Gasteiger partial charge in [-0.25, -0.2) is 0 Å². The molecule has 0 heterocycles. The zero-order chi connectivity index (χ0) is 13.0. The highest BCUT2D eigenvalue weighted by Gasteiger charge is 2.16. The van der Waals surface area contributed by atoms with Crippen molar-refractivity contribution in [1.82, 2.24) is 4.90 Å². The fraction of sp³-hybridized carbons (Fsp3) is 0.462. The molecule has 2 atom stereocenters. The lowest BCUT2D eigenvalue weighted by Gasteiger charge is -2.19. The lowest BCUT2D eigenvalue weighted by molar-refractivity contribution is -0.135. The van der Waals surface area contributed by atoms with E-state index in [1.54, 1.807) is 21.0 Å². The van der Waals surface area contributed by atoms with Gasteiger partial charge in [-0.05, 0) is 31.5 Å². The Kier molecular flexibility index (Phi) is 4.52. The van der Waals surface area contributed by atoms with Crippen LogP contribution < -0.4 is 10.5 Å². The number of hydrogen-bond acceptors (Lipinski definition) is 3. The van der Waals surface area contributed by atoms with E-state index in [9.17, 15) is 4.79 Å². The molecular weight excluding hydrogens is 216 g/mol. The summed E-state index contributed by atoms with van der Waals surface area (Å²) in [6, 6.07) is 7.46. The van der Waals surface area contributed by atoms with Crippen LogP contribution in [0.3, 0.4) is 0 Å². The van der Waals surface area contributed by atoms with Gasteiger partial charge in [0.25, 0.3) is 5.91 Å². The van der Waals surface area contributed by atoms with Gasteiger partial charge in [0.1, 0.15) is 5.75 Å². The van der Waals surface area contributed by atoms with Gasteiger partial charge in [-0.1, -0.05) is 12.1 Å². The first kappa shape index (κ1) is 13.5. The number of likely N-dealkylation sites (N-methyl/N-ethyl adjacent to an activating group) is 1. The number of carbonyl (C=O) groups is 1. The van der Waals surface area contributed by atoms with Crippen molar-refractivity contribution in [3.8, 4) is 5.75 Å². The van der Waals surface area contributed by atoms with Crippen molar-refractivity contribution in [2.75, 3.05) is 14.1 Å². The average Bonchev–Trinajstić information content (AvgIpc) is 2.28. The molecule has 0 bridgehead atoms. The van der Waals surface area contributed by atoms with Crippen LogP contribution in [0.1, 0.15) is 25.5 Å². The van der Waals surface area contributed by atoms with Gasteiger partial charge in [-0.3, -0.25) is 4.79 Å². The predicted molar refractivity (Wildman–Crippen MR) is 67.8 cm³/mol. The van der Waals surface area contributed by atoms with Crippen molar-refractivity contribution in [2.45, 2.75) is 26.0 Å². The minimum absolute atomic E-state index is 0.0431. The third-order valence-corrected chi connectivity index (χ3v) is 2.49. The largest absolute Gasteiger partial charge is 0.481 e. The van der Waals surface area contributed by atoms with Gasteiger partial charge in [0.05, 0.1) is 0 Å². The van der Waals surface area contributed by atoms with E-state index < -0.39 is 6.10 Å². The summed E-state index contributed by atoms with van der Waals surface area (Å²) in [4.78, 5) is 13.2. The molecule has 0 aliphatic carbocycles. The fourth-order valence-corrected chi connectivity index (χ4v) is 1.49. The summed E-state index contributed by atoms with van der Waals surface area (Å²) in [6.07, 6.45) is -0.492. The molecule has 2 unspecified atom stereocenters. The van der Waals surface area contributed by atoms with Gasteiger partial charge < -0.3 is 15.4 Å². The van der Waals surface area contributed by atoms with Crippen LogP contribution in [0.15, 0.2) is 24.3 Å². The molecule has 0 fully saturated rings. The van der Waals surface area contributed by atoms with E-state index in [2.05, 4.69) is 0 Å². The molecule has 0 saturated carbocycles. The topological polar surface area (TPSA) is 55.6 Å². The molecule has 1 aromatic rings. The van der Waals surface area contributed by atoms with Gasteiger partial charge in [0, 0.05) is 20.1 Å². The van der Waals surface area contributed by atoms with E-state index in [-0.39, 0.29) is 11.9 Å². The number of ether oxygens (including phenoxy) is 1. The van der Waals surface area contributed by atoms with Crippen LogP contribution in [-0.4, -0.2) is 31.0 Å². The number of benzene rings is 1. The molecule has 4 nitrogen and oxygen atoms in total. The molecule has 0 aliphatic rings. The Labute approximate surface area is 102 Å². The molecule has 0 spiro atoms. The monoisotopic (exact) mass is 236 g/mol. The summed E-state index contributed by atoms with van der Waals surface area (Å²) in [5.74, 6) is 0.610. The number of hydrogen-bond donors (Lipinski definition) is 1. The zero-order valence-corrected chi connectivity index (χ0v) is 10.8. The van der Waals surface area contributed by atoms with Crippen LogP contribution in [0.25, 0.3) is 0 Å². The highest BCUT2D eigenvalue weighted by atomic mass is 16.5. The maximum absolute atomic E-state index is 11.6. The van der Waals surface area contributed by atoms with Crippen LogP contribution in [0.4, 0.5) is 0 Å². The average molecular weight is 236 g/mol. The van der Waals surface area contributed by atoms with Crippen molar-refractivity contribution in [3.05, 3.63) is 29.8 Å². The lowest BCUT2D eigenvalue weighted by Crippen LogP contribution is -2.35. The van der Waals surface area contributed by atoms with Gasteiger partial charge in [0.2, 0.25) is 0 Å². The maximum Gasteiger partial charge on any atom is 0.262 e. The van der Waals surface area contributed by atoms with Crippen LogP contribution in [0.2, 0.25) is 0 Å². The number of nitrogens with two attached hydrogens (primary N) is 1. The van der Waals surface area contributed by atoms with Gasteiger partial charge in [0.15, 0.2) is 6.10 Å². The van der Waals surface area contributed by atoms with Gasteiger partial charge in [-0.2, -0.15) is 0 Å². The molecule has 0 radical (unpaired) electrons. The summed E-state index contributed by atoms with van der Waals surface area (Å²) in [5, 5.41) is 0. The molecule has 0 aliphatic heterocycles. The van der Waals surface area contributed by atoms with Gasteiger partial charge in [-0.15, -0.1) is 0 Å². The molecule has 2 N–H and O–H groups in total. The Hall–Kier alpha value is -1.55. The smallest absolute Gasteiger partial charge is 0.262 e. The summed E-state index contributed by atoms with van der Waals surface area (Å²) in [6.45, 7) is 3.65. The van der Waals surface area contributed by atoms with Crippen molar-refractivity contribution in [3.63, 3.8) is 0 Å². The lowest BCUT2D eigenvalue weighted by atomic mass is 10.1. The molecular formula is C13H20N2O2. The zero-order valence-electron chi connectivity index (χ0n) is 10.8. The maximum atomic E-state index is 11.6. The highest BCUT2D eigenvalue weighted by Crippen LogP contribution is 2.18. The van der Waals surface area contributed by atoms with E-state index in [1.807, 2.05) is 31.2 Å². The Balaban J connectivity index is 2.75. The number of amides is 1. The second kappa shape index (κ2) is 5.68. The highest BCUT2D eigenvalue weighted by molar-refractivity contribution is 5.80. The standard InChI is InChI=1S/C13H20N2O2/c1-9(14)11-6-5-7-12(8-11)17-10(2)13(16)15(3)4/h5-10H,14H2,1-4H3. The number of carbonyl (C=O) groups excluding carboxylic acids is 1. The van der Waals surface area contributed by atoms with Crippen molar-refractivity contribution in [2.24, 2.45) is 5.73 Å². The number of nitrogens with zero attached hydrogens (tertiary/aromatic N) is 1. The Morgan fingerprint density at radius 1 is 1.35 bits per heavy atom. The quantitative estimate of drug-likeness (QED) is 0.863. The summed E-state index contributed by atoms with van der Waals surface area (Å²) < 4.78 is 5.58.